The molecule has 2 aromatic rings. The van der Waals surface area contributed by atoms with Gasteiger partial charge in [-0.25, -0.2) is 4.68 Å². The number of rotatable bonds is 6. The zero-order valence-electron chi connectivity index (χ0n) is 12.9. The van der Waals surface area contributed by atoms with Crippen LogP contribution in [-0.4, -0.2) is 31.5 Å². The molecule has 1 amide bonds. The molecule has 7 heteroatoms. The predicted octanol–water partition coefficient (Wildman–Crippen LogP) is 2.12. The molecule has 0 aliphatic heterocycles. The van der Waals surface area contributed by atoms with Crippen LogP contribution in [0.5, 0.6) is 0 Å². The topological polar surface area (TPSA) is 76.8 Å². The molecular weight excluding hydrogens is 268 g/mol. The Morgan fingerprint density at radius 3 is 2.71 bits per heavy atom. The van der Waals surface area contributed by atoms with Crippen LogP contribution < -0.4 is 10.6 Å². The quantitative estimate of drug-likeness (QED) is 0.854. The summed E-state index contributed by atoms with van der Waals surface area (Å²) in [6.07, 6.45) is 5.27. The van der Waals surface area contributed by atoms with Crippen molar-refractivity contribution in [3.63, 3.8) is 0 Å². The summed E-state index contributed by atoms with van der Waals surface area (Å²) in [7, 11) is 0. The van der Waals surface area contributed by atoms with Gasteiger partial charge in [0.25, 0.3) is 0 Å². The summed E-state index contributed by atoms with van der Waals surface area (Å²) in [5, 5.41) is 14.4. The molecule has 0 saturated carbocycles. The van der Waals surface area contributed by atoms with Crippen LogP contribution in [0.3, 0.4) is 0 Å². The summed E-state index contributed by atoms with van der Waals surface area (Å²) in [6, 6.07) is 1.62. The Bertz CT molecular complexity index is 600. The van der Waals surface area contributed by atoms with Crippen LogP contribution in [0.25, 0.3) is 0 Å². The minimum absolute atomic E-state index is 0.110. The number of nitrogens with zero attached hydrogens (tertiary/aromatic N) is 4. The smallest absolute Gasteiger partial charge is 0.247 e. The number of nitrogens with one attached hydrogen (secondary N) is 2. The van der Waals surface area contributed by atoms with Gasteiger partial charge in [0.15, 0.2) is 0 Å². The van der Waals surface area contributed by atoms with Gasteiger partial charge in [-0.1, -0.05) is 0 Å². The van der Waals surface area contributed by atoms with Crippen LogP contribution in [0.2, 0.25) is 0 Å². The van der Waals surface area contributed by atoms with Crippen molar-refractivity contribution in [3.05, 3.63) is 24.7 Å². The van der Waals surface area contributed by atoms with E-state index in [-0.39, 0.29) is 18.0 Å². The van der Waals surface area contributed by atoms with Gasteiger partial charge in [0.05, 0.1) is 18.1 Å². The molecule has 0 fully saturated rings. The lowest BCUT2D eigenvalue weighted by molar-refractivity contribution is -0.116. The Morgan fingerprint density at radius 1 is 1.33 bits per heavy atom. The number of hydrogen-bond acceptors (Lipinski definition) is 4. The van der Waals surface area contributed by atoms with Crippen LogP contribution in [0.4, 0.5) is 11.5 Å². The number of aromatic nitrogens is 4. The largest absolute Gasteiger partial charge is 0.371 e. The van der Waals surface area contributed by atoms with Crippen molar-refractivity contribution in [2.75, 3.05) is 10.6 Å². The second-order valence-electron chi connectivity index (χ2n) is 5.19. The number of amides is 1. The number of hydrogen-bond donors (Lipinski definition) is 2. The van der Waals surface area contributed by atoms with Gasteiger partial charge in [0.2, 0.25) is 5.91 Å². The lowest BCUT2D eigenvalue weighted by Gasteiger charge is -2.16. The predicted molar refractivity (Wildman–Crippen MR) is 82.2 cm³/mol. The Kier molecular flexibility index (Phi) is 4.62. The van der Waals surface area contributed by atoms with Gasteiger partial charge in [0.1, 0.15) is 11.9 Å². The molecule has 2 heterocycles. The monoisotopic (exact) mass is 290 g/mol. The Morgan fingerprint density at radius 2 is 2.10 bits per heavy atom. The van der Waals surface area contributed by atoms with Crippen LogP contribution in [0.15, 0.2) is 24.7 Å². The average molecular weight is 290 g/mol. The molecule has 0 aliphatic carbocycles. The van der Waals surface area contributed by atoms with Gasteiger partial charge in [-0.15, -0.1) is 0 Å². The van der Waals surface area contributed by atoms with E-state index in [4.69, 9.17) is 0 Å². The average Bonchev–Trinajstić information content (AvgIpc) is 3.07. The molecule has 2 rings (SSSR count). The summed E-state index contributed by atoms with van der Waals surface area (Å²) < 4.78 is 3.58. The van der Waals surface area contributed by atoms with Crippen molar-refractivity contribution in [2.45, 2.75) is 46.3 Å². The summed E-state index contributed by atoms with van der Waals surface area (Å²) in [5.41, 5.74) is 0.830. The highest BCUT2D eigenvalue weighted by atomic mass is 16.2. The molecule has 2 N–H and O–H groups in total. The normalized spacial score (nSPS) is 12.4. The van der Waals surface area contributed by atoms with Crippen LogP contribution >= 0.6 is 0 Å². The zero-order chi connectivity index (χ0) is 15.4. The zero-order valence-corrected chi connectivity index (χ0v) is 12.9. The number of anilines is 2. The van der Waals surface area contributed by atoms with Crippen LogP contribution in [-0.2, 0) is 11.3 Å². The second kappa shape index (κ2) is 6.43. The highest BCUT2D eigenvalue weighted by Crippen LogP contribution is 2.14. The third-order valence-corrected chi connectivity index (χ3v) is 3.14. The maximum atomic E-state index is 12.2. The molecule has 7 nitrogen and oxygen atoms in total. The van der Waals surface area contributed by atoms with Gasteiger partial charge < -0.3 is 10.6 Å². The van der Waals surface area contributed by atoms with E-state index in [2.05, 4.69) is 20.8 Å². The number of carbonyl (C=O) groups is 1. The molecule has 0 aliphatic rings. The van der Waals surface area contributed by atoms with Crippen LogP contribution in [0.1, 0.15) is 33.7 Å². The molecule has 2 aromatic heterocycles. The van der Waals surface area contributed by atoms with Crippen molar-refractivity contribution >= 4 is 17.4 Å². The molecule has 114 valence electrons. The van der Waals surface area contributed by atoms with Gasteiger partial charge >= 0.3 is 0 Å². The summed E-state index contributed by atoms with van der Waals surface area (Å²) in [4.78, 5) is 12.2. The molecule has 0 spiro atoms. The van der Waals surface area contributed by atoms with Crippen molar-refractivity contribution in [3.8, 4) is 0 Å². The van der Waals surface area contributed by atoms with Crippen molar-refractivity contribution in [1.82, 2.24) is 19.6 Å². The lowest BCUT2D eigenvalue weighted by atomic mass is 10.3. The molecule has 1 atom stereocenters. The van der Waals surface area contributed by atoms with Crippen LogP contribution in [0, 0.1) is 0 Å². The summed E-state index contributed by atoms with van der Waals surface area (Å²) in [6.45, 7) is 8.66. The maximum absolute atomic E-state index is 12.2. The minimum Gasteiger partial charge on any atom is -0.371 e. The minimum atomic E-state index is -0.366. The Hall–Kier alpha value is -2.31. The molecular formula is C14H22N6O. The number of carbonyl (C=O) groups excluding carboxylic acids is 1. The van der Waals surface area contributed by atoms with E-state index in [0.717, 1.165) is 12.2 Å². The van der Waals surface area contributed by atoms with E-state index in [1.807, 2.05) is 33.9 Å². The van der Waals surface area contributed by atoms with E-state index >= 15 is 0 Å². The standard InChI is InChI=1S/C14H22N6O/c1-5-19-9-12(8-16-19)17-11(4)14(21)18-13-6-7-15-20(13)10(2)3/h6-11,17H,5H2,1-4H3,(H,18,21)/t11-/m1/s1. The SMILES string of the molecule is CCn1cc(N[C@H](C)C(=O)Nc2ccnn2C(C)C)cn1. The fourth-order valence-electron chi connectivity index (χ4n) is 1.99. The van der Waals surface area contributed by atoms with Crippen molar-refractivity contribution in [1.29, 1.82) is 0 Å². The molecule has 0 aromatic carbocycles. The maximum Gasteiger partial charge on any atom is 0.247 e. The highest BCUT2D eigenvalue weighted by molar-refractivity contribution is 5.95. The van der Waals surface area contributed by atoms with Gasteiger partial charge in [-0.05, 0) is 27.7 Å². The molecule has 21 heavy (non-hydrogen) atoms. The van der Waals surface area contributed by atoms with Gasteiger partial charge in [-0.2, -0.15) is 10.2 Å². The second-order valence-corrected chi connectivity index (χ2v) is 5.19. The molecule has 0 radical (unpaired) electrons. The first-order valence-electron chi connectivity index (χ1n) is 7.14. The molecule has 0 saturated heterocycles. The molecule has 0 bridgehead atoms. The van der Waals surface area contributed by atoms with E-state index in [9.17, 15) is 4.79 Å². The van der Waals surface area contributed by atoms with Gasteiger partial charge in [0, 0.05) is 24.8 Å². The van der Waals surface area contributed by atoms with Crippen molar-refractivity contribution in [2.24, 2.45) is 0 Å². The summed E-state index contributed by atoms with van der Waals surface area (Å²) >= 11 is 0. The van der Waals surface area contributed by atoms with E-state index < -0.39 is 0 Å². The van der Waals surface area contributed by atoms with E-state index in [0.29, 0.717) is 5.82 Å². The first-order valence-corrected chi connectivity index (χ1v) is 7.14. The Labute approximate surface area is 124 Å². The molecule has 0 unspecified atom stereocenters. The van der Waals surface area contributed by atoms with Crippen molar-refractivity contribution < 1.29 is 4.79 Å². The first-order chi connectivity index (χ1) is 10.0. The van der Waals surface area contributed by atoms with E-state index in [1.54, 1.807) is 27.8 Å². The number of aryl methyl sites for hydroxylation is 1. The fourth-order valence-corrected chi connectivity index (χ4v) is 1.99. The fraction of sp³-hybridized carbons (Fsp3) is 0.500. The first kappa shape index (κ1) is 15.1. The lowest BCUT2D eigenvalue weighted by Crippen LogP contribution is -2.32. The Balaban J connectivity index is 1.97. The third kappa shape index (κ3) is 3.62. The third-order valence-electron chi connectivity index (χ3n) is 3.14. The highest BCUT2D eigenvalue weighted by Gasteiger charge is 2.16. The van der Waals surface area contributed by atoms with E-state index in [1.165, 1.54) is 0 Å². The summed E-state index contributed by atoms with van der Waals surface area (Å²) in [5.74, 6) is 0.592. The van der Waals surface area contributed by atoms with Gasteiger partial charge in [-0.3, -0.25) is 9.48 Å².